The molecule has 2 aromatic carbocycles. The number of hydrogen-bond donors (Lipinski definition) is 1. The minimum atomic E-state index is -0.116. The number of fused-ring (bicyclic) bond motifs is 1. The Morgan fingerprint density at radius 2 is 1.83 bits per heavy atom. The highest BCUT2D eigenvalue weighted by Crippen LogP contribution is 2.21. The average Bonchev–Trinajstić information content (AvgIpc) is 2.56. The lowest BCUT2D eigenvalue weighted by Gasteiger charge is -2.18. The molecule has 0 aliphatic heterocycles. The molecule has 0 bridgehead atoms. The number of nitrogens with one attached hydrogen (secondary N) is 1. The topological polar surface area (TPSA) is 58.1 Å². The molecule has 5 nitrogen and oxygen atoms in total. The van der Waals surface area contributed by atoms with Gasteiger partial charge in [0.2, 0.25) is 5.91 Å². The van der Waals surface area contributed by atoms with Crippen molar-refractivity contribution >= 4 is 44.4 Å². The molecule has 0 unspecified atom stereocenters. The lowest BCUT2D eigenvalue weighted by atomic mass is 10.3. The number of aromatic nitrogens is 2. The van der Waals surface area contributed by atoms with Crippen molar-refractivity contribution < 1.29 is 4.79 Å². The number of carbonyl (C=O) groups excluding carboxylic acids is 1. The molecule has 0 fully saturated rings. The van der Waals surface area contributed by atoms with Gasteiger partial charge in [0.1, 0.15) is 5.82 Å². The molecular formula is C17H15BrN4O. The van der Waals surface area contributed by atoms with Gasteiger partial charge in [-0.2, -0.15) is 0 Å². The van der Waals surface area contributed by atoms with Gasteiger partial charge in [-0.05, 0) is 40.2 Å². The first-order valence-electron chi connectivity index (χ1n) is 7.11. The fourth-order valence-electron chi connectivity index (χ4n) is 2.18. The Bertz CT molecular complexity index is 853. The Balaban J connectivity index is 1.71. The molecule has 23 heavy (non-hydrogen) atoms. The molecule has 1 heterocycles. The number of halogens is 1. The molecule has 0 atom stereocenters. The Hall–Kier alpha value is -2.47. The van der Waals surface area contributed by atoms with E-state index in [0.29, 0.717) is 5.82 Å². The van der Waals surface area contributed by atoms with Crippen molar-refractivity contribution in [3.8, 4) is 0 Å². The summed E-state index contributed by atoms with van der Waals surface area (Å²) < 4.78 is 0.849. The third kappa shape index (κ3) is 3.65. The van der Waals surface area contributed by atoms with Crippen LogP contribution in [0.15, 0.2) is 59.2 Å². The van der Waals surface area contributed by atoms with Gasteiger partial charge in [0.15, 0.2) is 0 Å². The van der Waals surface area contributed by atoms with Crippen molar-refractivity contribution in [2.45, 2.75) is 0 Å². The minimum Gasteiger partial charge on any atom is -0.349 e. The van der Waals surface area contributed by atoms with Gasteiger partial charge in [-0.25, -0.2) is 4.98 Å². The first kappa shape index (κ1) is 15.4. The average molecular weight is 371 g/mol. The standard InChI is InChI=1S/C17H15BrN4O/c1-22(11-17(23)21-13-7-3-2-6-12(13)18)16-10-19-14-8-4-5-9-15(14)20-16/h2-10H,11H2,1H3,(H,21,23). The van der Waals surface area contributed by atoms with E-state index in [4.69, 9.17) is 0 Å². The highest BCUT2D eigenvalue weighted by atomic mass is 79.9. The lowest BCUT2D eigenvalue weighted by Crippen LogP contribution is -2.30. The second-order valence-corrected chi connectivity index (χ2v) is 5.96. The predicted octanol–water partition coefficient (Wildman–Crippen LogP) is 3.47. The number of nitrogens with zero attached hydrogens (tertiary/aromatic N) is 3. The summed E-state index contributed by atoms with van der Waals surface area (Å²) in [5, 5.41) is 2.87. The van der Waals surface area contributed by atoms with E-state index in [2.05, 4.69) is 31.2 Å². The molecule has 0 aliphatic rings. The summed E-state index contributed by atoms with van der Waals surface area (Å²) in [7, 11) is 1.82. The van der Waals surface area contributed by atoms with Crippen LogP contribution in [-0.2, 0) is 4.79 Å². The van der Waals surface area contributed by atoms with E-state index in [9.17, 15) is 4.79 Å². The van der Waals surface area contributed by atoms with Crippen molar-refractivity contribution in [3.05, 3.63) is 59.2 Å². The van der Waals surface area contributed by atoms with Crippen LogP contribution in [0.5, 0.6) is 0 Å². The molecule has 3 aromatic rings. The summed E-state index contributed by atoms with van der Waals surface area (Å²) in [5.41, 5.74) is 2.39. The Morgan fingerprint density at radius 3 is 2.61 bits per heavy atom. The zero-order valence-electron chi connectivity index (χ0n) is 12.5. The summed E-state index contributed by atoms with van der Waals surface area (Å²) in [6, 6.07) is 15.2. The van der Waals surface area contributed by atoms with Crippen molar-refractivity contribution in [3.63, 3.8) is 0 Å². The van der Waals surface area contributed by atoms with Gasteiger partial charge in [0, 0.05) is 11.5 Å². The Labute approximate surface area is 142 Å². The molecular weight excluding hydrogens is 356 g/mol. The Kier molecular flexibility index (Phi) is 4.52. The number of amides is 1. The predicted molar refractivity (Wildman–Crippen MR) is 95.6 cm³/mol. The highest BCUT2D eigenvalue weighted by molar-refractivity contribution is 9.10. The number of hydrogen-bond acceptors (Lipinski definition) is 4. The van der Waals surface area contributed by atoms with E-state index in [1.807, 2.05) is 55.6 Å². The molecule has 0 spiro atoms. The van der Waals surface area contributed by atoms with Gasteiger partial charge in [0.05, 0.1) is 29.5 Å². The van der Waals surface area contributed by atoms with Crippen LogP contribution in [0.3, 0.4) is 0 Å². The van der Waals surface area contributed by atoms with E-state index < -0.39 is 0 Å². The Morgan fingerprint density at radius 1 is 1.13 bits per heavy atom. The number of anilines is 2. The molecule has 116 valence electrons. The maximum Gasteiger partial charge on any atom is 0.243 e. The van der Waals surface area contributed by atoms with Gasteiger partial charge >= 0.3 is 0 Å². The molecule has 0 saturated carbocycles. The molecule has 1 amide bonds. The normalized spacial score (nSPS) is 10.5. The maximum absolute atomic E-state index is 12.2. The molecule has 1 aromatic heterocycles. The van der Waals surface area contributed by atoms with Gasteiger partial charge < -0.3 is 10.2 Å². The van der Waals surface area contributed by atoms with Crippen molar-refractivity contribution in [2.75, 3.05) is 23.8 Å². The van der Waals surface area contributed by atoms with Crippen LogP contribution in [0.4, 0.5) is 11.5 Å². The number of benzene rings is 2. The molecule has 0 aliphatic carbocycles. The van der Waals surface area contributed by atoms with Crippen LogP contribution >= 0.6 is 15.9 Å². The van der Waals surface area contributed by atoms with Crippen LogP contribution in [0.2, 0.25) is 0 Å². The van der Waals surface area contributed by atoms with Crippen molar-refractivity contribution in [1.82, 2.24) is 9.97 Å². The van der Waals surface area contributed by atoms with Crippen LogP contribution in [0.1, 0.15) is 0 Å². The minimum absolute atomic E-state index is 0.116. The number of carbonyl (C=O) groups is 1. The lowest BCUT2D eigenvalue weighted by molar-refractivity contribution is -0.114. The molecule has 1 N–H and O–H groups in total. The first-order chi connectivity index (χ1) is 11.1. The summed E-state index contributed by atoms with van der Waals surface area (Å²) in [4.78, 5) is 22.9. The smallest absolute Gasteiger partial charge is 0.243 e. The molecule has 3 rings (SSSR count). The molecule has 0 radical (unpaired) electrons. The molecule has 6 heteroatoms. The quantitative estimate of drug-likeness (QED) is 0.763. The van der Waals surface area contributed by atoms with Crippen LogP contribution in [0, 0.1) is 0 Å². The van der Waals surface area contributed by atoms with Gasteiger partial charge in [-0.15, -0.1) is 0 Å². The van der Waals surface area contributed by atoms with E-state index in [-0.39, 0.29) is 12.5 Å². The van der Waals surface area contributed by atoms with E-state index in [0.717, 1.165) is 21.2 Å². The summed E-state index contributed by atoms with van der Waals surface area (Å²) in [5.74, 6) is 0.542. The first-order valence-corrected chi connectivity index (χ1v) is 7.90. The van der Waals surface area contributed by atoms with Gasteiger partial charge in [-0.3, -0.25) is 9.78 Å². The van der Waals surface area contributed by atoms with Crippen LogP contribution in [-0.4, -0.2) is 29.5 Å². The van der Waals surface area contributed by atoms with Crippen molar-refractivity contribution in [2.24, 2.45) is 0 Å². The monoisotopic (exact) mass is 370 g/mol. The summed E-state index contributed by atoms with van der Waals surface area (Å²) in [6.07, 6.45) is 1.67. The van der Waals surface area contributed by atoms with E-state index in [1.54, 1.807) is 11.1 Å². The van der Waals surface area contributed by atoms with Crippen LogP contribution in [0.25, 0.3) is 11.0 Å². The largest absolute Gasteiger partial charge is 0.349 e. The highest BCUT2D eigenvalue weighted by Gasteiger charge is 2.11. The number of para-hydroxylation sites is 3. The second kappa shape index (κ2) is 6.75. The van der Waals surface area contributed by atoms with Crippen molar-refractivity contribution in [1.29, 1.82) is 0 Å². The fraction of sp³-hybridized carbons (Fsp3) is 0.118. The van der Waals surface area contributed by atoms with E-state index >= 15 is 0 Å². The van der Waals surface area contributed by atoms with Gasteiger partial charge in [-0.1, -0.05) is 24.3 Å². The fourth-order valence-corrected chi connectivity index (χ4v) is 2.56. The summed E-state index contributed by atoms with van der Waals surface area (Å²) >= 11 is 3.41. The molecule has 0 saturated heterocycles. The van der Waals surface area contributed by atoms with Crippen LogP contribution < -0.4 is 10.2 Å². The number of likely N-dealkylation sites (N-methyl/N-ethyl adjacent to an activating group) is 1. The third-order valence-corrected chi connectivity index (χ3v) is 4.05. The zero-order chi connectivity index (χ0) is 16.2. The number of rotatable bonds is 4. The van der Waals surface area contributed by atoms with Gasteiger partial charge in [0.25, 0.3) is 0 Å². The SMILES string of the molecule is CN(CC(=O)Nc1ccccc1Br)c1cnc2ccccc2n1. The third-order valence-electron chi connectivity index (χ3n) is 3.36. The zero-order valence-corrected chi connectivity index (χ0v) is 14.1. The second-order valence-electron chi connectivity index (χ2n) is 5.10. The van der Waals surface area contributed by atoms with E-state index in [1.165, 1.54) is 0 Å². The maximum atomic E-state index is 12.2. The summed E-state index contributed by atoms with van der Waals surface area (Å²) in [6.45, 7) is 0.189.